The van der Waals surface area contributed by atoms with Crippen molar-refractivity contribution in [2.45, 2.75) is 26.3 Å². The normalized spacial score (nSPS) is 10.6. The van der Waals surface area contributed by atoms with Gasteiger partial charge in [0.05, 0.1) is 23.5 Å². The van der Waals surface area contributed by atoms with E-state index in [2.05, 4.69) is 34.4 Å². The maximum Gasteiger partial charge on any atom is 0.124 e. The molecule has 104 valence electrons. The van der Waals surface area contributed by atoms with Gasteiger partial charge in [0.25, 0.3) is 0 Å². The van der Waals surface area contributed by atoms with E-state index in [0.717, 1.165) is 41.9 Å². The average Bonchev–Trinajstić information content (AvgIpc) is 2.78. The minimum Gasteiger partial charge on any atom is -0.323 e. The summed E-state index contributed by atoms with van der Waals surface area (Å²) in [5, 5.41) is 12.3. The van der Waals surface area contributed by atoms with Gasteiger partial charge in [-0.05, 0) is 30.7 Å². The van der Waals surface area contributed by atoms with Crippen LogP contribution in [0.25, 0.3) is 11.0 Å². The topological polar surface area (TPSA) is 53.6 Å². The number of fused-ring (bicyclic) bond motifs is 1. The first-order chi connectivity index (χ1) is 9.76. The fourth-order valence-corrected chi connectivity index (χ4v) is 2.23. The monoisotopic (exact) mass is 268 g/mol. The number of para-hydroxylation sites is 2. The van der Waals surface area contributed by atoms with Crippen molar-refractivity contribution in [1.82, 2.24) is 14.9 Å². The number of benzene rings is 1. The Morgan fingerprint density at radius 1 is 1.45 bits per heavy atom. The Kier molecular flexibility index (Phi) is 4.91. The maximum atomic E-state index is 8.94. The fourth-order valence-electron chi connectivity index (χ4n) is 2.23. The third kappa shape index (κ3) is 3.25. The lowest BCUT2D eigenvalue weighted by molar-refractivity contribution is 0.670. The lowest BCUT2D eigenvalue weighted by atomic mass is 10.2. The SMILES string of the molecule is C=C(CNCCC)Cn1c(CC#N)nc2ccccc21. The zero-order chi connectivity index (χ0) is 14.4. The number of nitriles is 1. The van der Waals surface area contributed by atoms with E-state index in [1.165, 1.54) is 0 Å². The first-order valence-electron chi connectivity index (χ1n) is 6.94. The van der Waals surface area contributed by atoms with Crippen molar-refractivity contribution in [2.75, 3.05) is 13.1 Å². The standard InChI is InChI=1S/C16H20N4/c1-3-10-18-11-13(2)12-20-15-7-5-4-6-14(15)19-16(20)8-9-17/h4-7,18H,2-3,8,10-12H2,1H3. The van der Waals surface area contributed by atoms with Crippen LogP contribution in [0.3, 0.4) is 0 Å². The summed E-state index contributed by atoms with van der Waals surface area (Å²) < 4.78 is 2.09. The summed E-state index contributed by atoms with van der Waals surface area (Å²) >= 11 is 0. The Balaban J connectivity index is 2.21. The Morgan fingerprint density at radius 3 is 3.00 bits per heavy atom. The molecule has 1 N–H and O–H groups in total. The number of nitrogens with one attached hydrogen (secondary N) is 1. The second-order valence-corrected chi connectivity index (χ2v) is 4.86. The van der Waals surface area contributed by atoms with Gasteiger partial charge in [0.15, 0.2) is 0 Å². The second-order valence-electron chi connectivity index (χ2n) is 4.86. The van der Waals surface area contributed by atoms with Crippen LogP contribution in [-0.2, 0) is 13.0 Å². The largest absolute Gasteiger partial charge is 0.323 e. The molecule has 2 aromatic rings. The van der Waals surface area contributed by atoms with Crippen molar-refractivity contribution >= 4 is 11.0 Å². The van der Waals surface area contributed by atoms with E-state index in [0.29, 0.717) is 13.0 Å². The van der Waals surface area contributed by atoms with Gasteiger partial charge >= 0.3 is 0 Å². The van der Waals surface area contributed by atoms with Crippen molar-refractivity contribution in [3.05, 3.63) is 42.2 Å². The first-order valence-corrected chi connectivity index (χ1v) is 6.94. The quantitative estimate of drug-likeness (QED) is 0.620. The summed E-state index contributed by atoms with van der Waals surface area (Å²) in [5.41, 5.74) is 3.10. The molecule has 0 radical (unpaired) electrons. The van der Waals surface area contributed by atoms with Crippen LogP contribution in [-0.4, -0.2) is 22.6 Å². The molecule has 1 aromatic carbocycles. The molecule has 4 nitrogen and oxygen atoms in total. The number of nitrogens with zero attached hydrogens (tertiary/aromatic N) is 3. The molecule has 0 bridgehead atoms. The number of hydrogen-bond acceptors (Lipinski definition) is 3. The predicted octanol–water partition coefficient (Wildman–Crippen LogP) is 2.66. The predicted molar refractivity (Wildman–Crippen MR) is 81.4 cm³/mol. The number of rotatable bonds is 7. The van der Waals surface area contributed by atoms with Crippen LogP contribution in [0, 0.1) is 11.3 Å². The van der Waals surface area contributed by atoms with E-state index in [4.69, 9.17) is 5.26 Å². The zero-order valence-corrected chi connectivity index (χ0v) is 11.9. The van der Waals surface area contributed by atoms with Crippen molar-refractivity contribution in [3.63, 3.8) is 0 Å². The van der Waals surface area contributed by atoms with E-state index in [-0.39, 0.29) is 0 Å². The molecule has 0 atom stereocenters. The van der Waals surface area contributed by atoms with Gasteiger partial charge in [-0.2, -0.15) is 5.26 Å². The van der Waals surface area contributed by atoms with E-state index < -0.39 is 0 Å². The van der Waals surface area contributed by atoms with Crippen LogP contribution in [0.1, 0.15) is 19.2 Å². The molecule has 0 fully saturated rings. The van der Waals surface area contributed by atoms with Crippen LogP contribution < -0.4 is 5.32 Å². The molecular formula is C16H20N4. The number of hydrogen-bond donors (Lipinski definition) is 1. The maximum absolute atomic E-state index is 8.94. The van der Waals surface area contributed by atoms with Crippen molar-refractivity contribution in [3.8, 4) is 6.07 Å². The highest BCUT2D eigenvalue weighted by Crippen LogP contribution is 2.17. The summed E-state index contributed by atoms with van der Waals surface area (Å²) in [6.07, 6.45) is 1.44. The Hall–Kier alpha value is -2.12. The molecule has 2 rings (SSSR count). The molecule has 0 aliphatic heterocycles. The van der Waals surface area contributed by atoms with E-state index in [1.807, 2.05) is 24.3 Å². The molecule has 0 saturated carbocycles. The summed E-state index contributed by atoms with van der Waals surface area (Å²) in [4.78, 5) is 4.53. The lowest BCUT2D eigenvalue weighted by Gasteiger charge is -2.11. The Bertz CT molecular complexity index is 633. The minimum atomic E-state index is 0.324. The van der Waals surface area contributed by atoms with Gasteiger partial charge in [-0.1, -0.05) is 25.6 Å². The molecule has 4 heteroatoms. The highest BCUT2D eigenvalue weighted by molar-refractivity contribution is 5.76. The van der Waals surface area contributed by atoms with Gasteiger partial charge < -0.3 is 9.88 Å². The van der Waals surface area contributed by atoms with Crippen LogP contribution in [0.5, 0.6) is 0 Å². The highest BCUT2D eigenvalue weighted by atomic mass is 15.1. The van der Waals surface area contributed by atoms with Gasteiger partial charge in [0, 0.05) is 13.1 Å². The van der Waals surface area contributed by atoms with E-state index in [9.17, 15) is 0 Å². The van der Waals surface area contributed by atoms with Crippen LogP contribution >= 0.6 is 0 Å². The molecule has 0 aliphatic carbocycles. The summed E-state index contributed by atoms with van der Waals surface area (Å²) in [7, 11) is 0. The number of imidazole rings is 1. The van der Waals surface area contributed by atoms with E-state index >= 15 is 0 Å². The third-order valence-corrected chi connectivity index (χ3v) is 3.15. The lowest BCUT2D eigenvalue weighted by Crippen LogP contribution is -2.20. The van der Waals surface area contributed by atoms with Gasteiger partial charge in [-0.15, -0.1) is 0 Å². The zero-order valence-electron chi connectivity index (χ0n) is 11.9. The minimum absolute atomic E-state index is 0.324. The molecular weight excluding hydrogens is 248 g/mol. The summed E-state index contributed by atoms with van der Waals surface area (Å²) in [6, 6.07) is 10.2. The Morgan fingerprint density at radius 2 is 2.25 bits per heavy atom. The van der Waals surface area contributed by atoms with Gasteiger partial charge in [-0.25, -0.2) is 4.98 Å². The molecule has 0 saturated heterocycles. The van der Waals surface area contributed by atoms with Crippen molar-refractivity contribution in [2.24, 2.45) is 0 Å². The van der Waals surface area contributed by atoms with Crippen LogP contribution in [0.15, 0.2) is 36.4 Å². The third-order valence-electron chi connectivity index (χ3n) is 3.15. The molecule has 1 aromatic heterocycles. The molecule has 20 heavy (non-hydrogen) atoms. The molecule has 0 amide bonds. The van der Waals surface area contributed by atoms with Crippen molar-refractivity contribution < 1.29 is 0 Å². The molecule has 0 spiro atoms. The van der Waals surface area contributed by atoms with Crippen molar-refractivity contribution in [1.29, 1.82) is 5.26 Å². The van der Waals surface area contributed by atoms with Crippen LogP contribution in [0.2, 0.25) is 0 Å². The second kappa shape index (κ2) is 6.88. The number of aromatic nitrogens is 2. The van der Waals surface area contributed by atoms with E-state index in [1.54, 1.807) is 0 Å². The van der Waals surface area contributed by atoms with Crippen LogP contribution in [0.4, 0.5) is 0 Å². The van der Waals surface area contributed by atoms with Gasteiger partial charge in [0.2, 0.25) is 0 Å². The smallest absolute Gasteiger partial charge is 0.124 e. The average molecular weight is 268 g/mol. The molecule has 1 heterocycles. The van der Waals surface area contributed by atoms with Gasteiger partial charge in [-0.3, -0.25) is 0 Å². The fraction of sp³-hybridized carbons (Fsp3) is 0.375. The molecule has 0 aliphatic rings. The summed E-state index contributed by atoms with van der Waals surface area (Å²) in [6.45, 7) is 8.75. The highest BCUT2D eigenvalue weighted by Gasteiger charge is 2.10. The van der Waals surface area contributed by atoms with Gasteiger partial charge in [0.1, 0.15) is 5.82 Å². The molecule has 0 unspecified atom stereocenters. The Labute approximate surface area is 119 Å². The first kappa shape index (κ1) is 14.3. The summed E-state index contributed by atoms with van der Waals surface area (Å²) in [5.74, 6) is 0.811.